The highest BCUT2D eigenvalue weighted by Crippen LogP contribution is 2.51. The van der Waals surface area contributed by atoms with Gasteiger partial charge in [-0.15, -0.1) is 0 Å². The summed E-state index contributed by atoms with van der Waals surface area (Å²) in [6, 6.07) is 8.17. The molecule has 2 aliphatic heterocycles. The van der Waals surface area contributed by atoms with E-state index in [1.54, 1.807) is 12.1 Å². The fourth-order valence-corrected chi connectivity index (χ4v) is 4.06. The summed E-state index contributed by atoms with van der Waals surface area (Å²) in [4.78, 5) is 11.6. The molecule has 118 valence electrons. The first-order valence-corrected chi connectivity index (χ1v) is 7.95. The normalized spacial score (nSPS) is 24.0. The number of carboxylic acid groups (broad SMARTS) is 1. The number of aliphatic carboxylic acids is 1. The first-order valence-electron chi connectivity index (χ1n) is 7.19. The van der Waals surface area contributed by atoms with Crippen LogP contribution in [-0.2, 0) is 4.79 Å². The van der Waals surface area contributed by atoms with Crippen molar-refractivity contribution in [3.8, 4) is 5.75 Å². The number of rotatable bonds is 1. The summed E-state index contributed by atoms with van der Waals surface area (Å²) in [5.41, 5.74) is 3.43. The minimum absolute atomic E-state index is 0.270. The van der Waals surface area contributed by atoms with Gasteiger partial charge >= 0.3 is 0 Å². The molecule has 0 aliphatic carbocycles. The maximum Gasteiger partial charge on any atom is 0.135 e. The lowest BCUT2D eigenvalue weighted by atomic mass is 9.81. The summed E-state index contributed by atoms with van der Waals surface area (Å²) in [6.07, 6.45) is -0.608. The number of carbonyl (C=O) groups excluding carboxylic acids is 1. The Kier molecular flexibility index (Phi) is 3.22. The van der Waals surface area contributed by atoms with Gasteiger partial charge in [0.1, 0.15) is 17.9 Å². The van der Waals surface area contributed by atoms with Crippen LogP contribution in [0.1, 0.15) is 22.6 Å². The van der Waals surface area contributed by atoms with Gasteiger partial charge in [-0.1, -0.05) is 40.9 Å². The zero-order valence-corrected chi connectivity index (χ0v) is 13.6. The van der Waals surface area contributed by atoms with Crippen molar-refractivity contribution < 1.29 is 14.6 Å². The van der Waals surface area contributed by atoms with E-state index in [0.717, 1.165) is 16.7 Å². The Morgan fingerprint density at radius 3 is 2.78 bits per heavy atom. The molecule has 0 spiro atoms. The number of hydrogen-bond donors (Lipinski definition) is 1. The molecule has 0 amide bonds. The van der Waals surface area contributed by atoms with Crippen LogP contribution in [-0.4, -0.2) is 18.1 Å². The van der Waals surface area contributed by atoms with Crippen LogP contribution in [0.2, 0.25) is 10.0 Å². The number of carboxylic acids is 1. The highest BCUT2D eigenvalue weighted by Gasteiger charge is 2.46. The van der Waals surface area contributed by atoms with Crippen molar-refractivity contribution >= 4 is 34.9 Å². The quantitative estimate of drug-likeness (QED) is 0.860. The summed E-state index contributed by atoms with van der Waals surface area (Å²) >= 11 is 12.5. The van der Waals surface area contributed by atoms with Crippen molar-refractivity contribution in [2.24, 2.45) is 0 Å². The Hall–Kier alpha value is -1.91. The van der Waals surface area contributed by atoms with Gasteiger partial charge in [0.2, 0.25) is 0 Å². The van der Waals surface area contributed by atoms with Gasteiger partial charge in [-0.2, -0.15) is 0 Å². The molecular formula is C17H12Cl2NO3-. The molecule has 23 heavy (non-hydrogen) atoms. The second-order valence-corrected chi connectivity index (χ2v) is 6.73. The summed E-state index contributed by atoms with van der Waals surface area (Å²) in [5.74, 6) is -0.808. The first-order chi connectivity index (χ1) is 11.0. The van der Waals surface area contributed by atoms with Crippen LogP contribution in [0.25, 0.3) is 0 Å². The number of ether oxygens (including phenoxy) is 1. The van der Waals surface area contributed by atoms with Crippen LogP contribution >= 0.6 is 23.2 Å². The predicted molar refractivity (Wildman–Crippen MR) is 86.3 cm³/mol. The molecule has 3 unspecified atom stereocenters. The Bertz CT molecular complexity index is 837. The molecule has 6 heteroatoms. The van der Waals surface area contributed by atoms with E-state index in [2.05, 4.69) is 5.32 Å². The number of nitrogens with one attached hydrogen (secondary N) is 1. The third-order valence-electron chi connectivity index (χ3n) is 4.39. The van der Waals surface area contributed by atoms with Gasteiger partial charge < -0.3 is 20.0 Å². The zero-order valence-electron chi connectivity index (χ0n) is 12.1. The van der Waals surface area contributed by atoms with Gasteiger partial charge in [-0.05, 0) is 25.1 Å². The van der Waals surface area contributed by atoms with Gasteiger partial charge in [-0.25, -0.2) is 0 Å². The molecule has 0 fully saturated rings. The number of anilines is 1. The van der Waals surface area contributed by atoms with Gasteiger partial charge in [0.15, 0.2) is 0 Å². The SMILES string of the molecule is Cc1ccc2c(c1)C1c3c(Cl)cc(Cl)cc3NC(C(=O)[O-])C1O2. The second kappa shape index (κ2) is 5.05. The molecule has 2 aromatic carbocycles. The van der Waals surface area contributed by atoms with E-state index in [9.17, 15) is 9.90 Å². The Balaban J connectivity index is 1.97. The highest BCUT2D eigenvalue weighted by molar-refractivity contribution is 6.35. The molecule has 3 atom stereocenters. The monoisotopic (exact) mass is 348 g/mol. The van der Waals surface area contributed by atoms with Crippen molar-refractivity contribution in [2.45, 2.75) is 25.0 Å². The van der Waals surface area contributed by atoms with E-state index in [0.29, 0.717) is 21.5 Å². The van der Waals surface area contributed by atoms with E-state index >= 15 is 0 Å². The van der Waals surface area contributed by atoms with Crippen LogP contribution in [0.3, 0.4) is 0 Å². The van der Waals surface area contributed by atoms with Crippen LogP contribution in [0.5, 0.6) is 5.75 Å². The standard InChI is InChI=1S/C17H13Cl2NO3/c1-7-2-3-12-9(4-7)13-14-10(19)5-8(18)6-11(14)20-15(17(21)22)16(13)23-12/h2-6,13,15-16,20H,1H3,(H,21,22)/p-1. The van der Waals surface area contributed by atoms with E-state index < -0.39 is 18.1 Å². The van der Waals surface area contributed by atoms with Crippen LogP contribution in [0, 0.1) is 6.92 Å². The molecule has 0 saturated carbocycles. The number of fused-ring (bicyclic) bond motifs is 5. The van der Waals surface area contributed by atoms with Crippen molar-refractivity contribution in [2.75, 3.05) is 5.32 Å². The minimum atomic E-state index is -1.22. The summed E-state index contributed by atoms with van der Waals surface area (Å²) in [5, 5.41) is 15.5. The Labute approximate surface area is 143 Å². The third kappa shape index (κ3) is 2.17. The molecule has 0 saturated heterocycles. The average Bonchev–Trinajstić information content (AvgIpc) is 2.84. The van der Waals surface area contributed by atoms with Crippen molar-refractivity contribution in [1.29, 1.82) is 0 Å². The molecule has 2 heterocycles. The maximum atomic E-state index is 11.6. The number of benzene rings is 2. The lowest BCUT2D eigenvalue weighted by Crippen LogP contribution is -2.53. The summed E-state index contributed by atoms with van der Waals surface area (Å²) in [7, 11) is 0. The topological polar surface area (TPSA) is 61.4 Å². The van der Waals surface area contributed by atoms with Gasteiger partial charge in [0.05, 0.1) is 11.9 Å². The van der Waals surface area contributed by atoms with Gasteiger partial charge in [0.25, 0.3) is 0 Å². The first kappa shape index (κ1) is 14.7. The van der Waals surface area contributed by atoms with E-state index in [-0.39, 0.29) is 5.92 Å². The predicted octanol–water partition coefficient (Wildman–Crippen LogP) is 2.74. The molecule has 0 radical (unpaired) electrons. The minimum Gasteiger partial charge on any atom is -0.548 e. The fourth-order valence-electron chi connectivity index (χ4n) is 3.45. The maximum absolute atomic E-state index is 11.6. The molecule has 4 nitrogen and oxygen atoms in total. The molecule has 0 aromatic heterocycles. The summed E-state index contributed by atoms with van der Waals surface area (Å²) < 4.78 is 5.91. The number of halogens is 2. The Morgan fingerprint density at radius 1 is 1.26 bits per heavy atom. The lowest BCUT2D eigenvalue weighted by molar-refractivity contribution is -0.308. The van der Waals surface area contributed by atoms with Crippen LogP contribution < -0.4 is 15.2 Å². The smallest absolute Gasteiger partial charge is 0.135 e. The molecular weight excluding hydrogens is 337 g/mol. The second-order valence-electron chi connectivity index (χ2n) is 5.89. The van der Waals surface area contributed by atoms with E-state index in [1.165, 1.54) is 0 Å². The fraction of sp³-hybridized carbons (Fsp3) is 0.235. The summed E-state index contributed by atoms with van der Waals surface area (Å²) in [6.45, 7) is 1.98. The number of carbonyl (C=O) groups is 1. The lowest BCUT2D eigenvalue weighted by Gasteiger charge is -2.37. The van der Waals surface area contributed by atoms with Crippen molar-refractivity contribution in [3.63, 3.8) is 0 Å². The van der Waals surface area contributed by atoms with Crippen LogP contribution in [0.15, 0.2) is 30.3 Å². The molecule has 4 rings (SSSR count). The third-order valence-corrected chi connectivity index (χ3v) is 4.92. The number of hydrogen-bond acceptors (Lipinski definition) is 4. The highest BCUT2D eigenvalue weighted by atomic mass is 35.5. The molecule has 0 bridgehead atoms. The molecule has 2 aliphatic rings. The van der Waals surface area contributed by atoms with E-state index in [4.69, 9.17) is 27.9 Å². The van der Waals surface area contributed by atoms with Gasteiger partial charge in [0, 0.05) is 26.9 Å². The average molecular weight is 349 g/mol. The molecule has 2 aromatic rings. The van der Waals surface area contributed by atoms with Crippen molar-refractivity contribution in [3.05, 3.63) is 57.1 Å². The Morgan fingerprint density at radius 2 is 2.04 bits per heavy atom. The van der Waals surface area contributed by atoms with Crippen molar-refractivity contribution in [1.82, 2.24) is 0 Å². The van der Waals surface area contributed by atoms with Gasteiger partial charge in [-0.3, -0.25) is 0 Å². The largest absolute Gasteiger partial charge is 0.548 e. The molecule has 1 N–H and O–H groups in total. The van der Waals surface area contributed by atoms with E-state index in [1.807, 2.05) is 25.1 Å². The zero-order chi connectivity index (χ0) is 16.3. The number of aryl methyl sites for hydroxylation is 1. The van der Waals surface area contributed by atoms with Crippen LogP contribution in [0.4, 0.5) is 5.69 Å².